The highest BCUT2D eigenvalue weighted by Gasteiger charge is 2.19. The van der Waals surface area contributed by atoms with Crippen molar-refractivity contribution in [1.29, 1.82) is 0 Å². The Kier molecular flexibility index (Phi) is 4.59. The molecule has 0 saturated heterocycles. The van der Waals surface area contributed by atoms with Gasteiger partial charge in [0.15, 0.2) is 6.29 Å². The van der Waals surface area contributed by atoms with Crippen LogP contribution in [-0.4, -0.2) is 34.9 Å². The second kappa shape index (κ2) is 6.41. The number of aromatic nitrogens is 2. The zero-order chi connectivity index (χ0) is 15.4. The maximum atomic E-state index is 11.4. The molecule has 6 nitrogen and oxygen atoms in total. The molecule has 0 aliphatic rings. The van der Waals surface area contributed by atoms with Crippen molar-refractivity contribution in [3.8, 4) is 17.0 Å². The monoisotopic (exact) mass is 289 g/mol. The Morgan fingerprint density at radius 2 is 2.24 bits per heavy atom. The van der Waals surface area contributed by atoms with Gasteiger partial charge in [-0.2, -0.15) is 5.10 Å². The van der Waals surface area contributed by atoms with Crippen LogP contribution in [0, 0.1) is 6.92 Å². The lowest BCUT2D eigenvalue weighted by Gasteiger charge is -2.07. The number of anilines is 1. The Balaban J connectivity index is 2.58. The summed E-state index contributed by atoms with van der Waals surface area (Å²) in [5.74, 6) is 0.938. The molecule has 0 aliphatic heterocycles. The minimum absolute atomic E-state index is 0.0405. The number of nitrogens with two attached hydrogens (primary N) is 1. The van der Waals surface area contributed by atoms with E-state index in [1.54, 1.807) is 7.11 Å². The maximum Gasteiger partial charge on any atom is 0.156 e. The first-order valence-corrected chi connectivity index (χ1v) is 6.69. The third kappa shape index (κ3) is 2.90. The van der Waals surface area contributed by atoms with Crippen LogP contribution >= 0.6 is 0 Å². The fourth-order valence-electron chi connectivity index (χ4n) is 2.20. The van der Waals surface area contributed by atoms with Crippen LogP contribution in [0.5, 0.6) is 5.75 Å². The summed E-state index contributed by atoms with van der Waals surface area (Å²) in [5, 5.41) is 13.3. The van der Waals surface area contributed by atoms with Gasteiger partial charge in [0.05, 0.1) is 12.7 Å². The number of aryl methyl sites for hydroxylation is 2. The number of aldehydes is 1. The van der Waals surface area contributed by atoms with E-state index in [-0.39, 0.29) is 6.61 Å². The summed E-state index contributed by atoms with van der Waals surface area (Å²) in [7, 11) is 1.57. The van der Waals surface area contributed by atoms with Crippen molar-refractivity contribution in [3.05, 3.63) is 29.3 Å². The number of rotatable bonds is 6. The van der Waals surface area contributed by atoms with Crippen LogP contribution in [0.15, 0.2) is 18.2 Å². The third-order valence-corrected chi connectivity index (χ3v) is 3.29. The molecule has 3 N–H and O–H groups in total. The van der Waals surface area contributed by atoms with Crippen LogP contribution in [-0.2, 0) is 6.54 Å². The Labute approximate surface area is 123 Å². The summed E-state index contributed by atoms with van der Waals surface area (Å²) in [4.78, 5) is 11.4. The van der Waals surface area contributed by atoms with E-state index in [0.29, 0.717) is 42.1 Å². The highest BCUT2D eigenvalue weighted by molar-refractivity contribution is 5.92. The molecule has 0 radical (unpaired) electrons. The molecule has 2 rings (SSSR count). The molecule has 6 heteroatoms. The van der Waals surface area contributed by atoms with Crippen LogP contribution in [0.2, 0.25) is 0 Å². The Hall–Kier alpha value is -2.34. The van der Waals surface area contributed by atoms with Crippen LogP contribution in [0.25, 0.3) is 11.3 Å². The molecule has 0 saturated carbocycles. The van der Waals surface area contributed by atoms with E-state index in [4.69, 9.17) is 15.6 Å². The van der Waals surface area contributed by atoms with E-state index >= 15 is 0 Å². The fourth-order valence-corrected chi connectivity index (χ4v) is 2.20. The normalized spacial score (nSPS) is 10.6. The van der Waals surface area contributed by atoms with E-state index in [2.05, 4.69) is 5.10 Å². The lowest BCUT2D eigenvalue weighted by atomic mass is 10.0. The Bertz CT molecular complexity index is 650. The van der Waals surface area contributed by atoms with Gasteiger partial charge in [0.2, 0.25) is 0 Å². The predicted molar refractivity (Wildman–Crippen MR) is 80.5 cm³/mol. The quantitative estimate of drug-likeness (QED) is 0.789. The first kappa shape index (κ1) is 15.1. The van der Waals surface area contributed by atoms with Crippen molar-refractivity contribution >= 4 is 12.1 Å². The lowest BCUT2D eigenvalue weighted by molar-refractivity contribution is 0.112. The molecule has 2 aromatic rings. The lowest BCUT2D eigenvalue weighted by Crippen LogP contribution is -2.06. The zero-order valence-electron chi connectivity index (χ0n) is 12.2. The molecular weight excluding hydrogens is 270 g/mol. The topological polar surface area (TPSA) is 90.4 Å². The molecule has 0 aliphatic carbocycles. The summed E-state index contributed by atoms with van der Waals surface area (Å²) in [5.41, 5.74) is 8.58. The number of hydrogen-bond acceptors (Lipinski definition) is 5. The second-order valence-electron chi connectivity index (χ2n) is 4.77. The van der Waals surface area contributed by atoms with Crippen molar-refractivity contribution in [2.24, 2.45) is 0 Å². The number of nitrogen functional groups attached to an aromatic ring is 1. The fraction of sp³-hybridized carbons (Fsp3) is 0.333. The van der Waals surface area contributed by atoms with Crippen LogP contribution in [0.4, 0.5) is 5.82 Å². The number of carbonyl (C=O) groups is 1. The number of hydrogen-bond donors (Lipinski definition) is 2. The van der Waals surface area contributed by atoms with Crippen molar-refractivity contribution in [1.82, 2.24) is 9.78 Å². The molecule has 21 heavy (non-hydrogen) atoms. The predicted octanol–water partition coefficient (Wildman–Crippen LogP) is 1.64. The van der Waals surface area contributed by atoms with Gasteiger partial charge < -0.3 is 15.6 Å². The Morgan fingerprint density at radius 1 is 1.48 bits per heavy atom. The van der Waals surface area contributed by atoms with Gasteiger partial charge in [-0.25, -0.2) is 4.68 Å². The van der Waals surface area contributed by atoms with Crippen LogP contribution in [0.3, 0.4) is 0 Å². The summed E-state index contributed by atoms with van der Waals surface area (Å²) in [6, 6.07) is 5.67. The van der Waals surface area contributed by atoms with E-state index in [1.165, 1.54) is 4.68 Å². The van der Waals surface area contributed by atoms with Crippen molar-refractivity contribution in [3.63, 3.8) is 0 Å². The average Bonchev–Trinajstić information content (AvgIpc) is 2.81. The van der Waals surface area contributed by atoms with Crippen LogP contribution < -0.4 is 10.5 Å². The number of methoxy groups -OCH3 is 1. The molecule has 0 atom stereocenters. The van der Waals surface area contributed by atoms with Gasteiger partial charge in [-0.3, -0.25) is 4.79 Å². The average molecular weight is 289 g/mol. The largest absolute Gasteiger partial charge is 0.496 e. The smallest absolute Gasteiger partial charge is 0.156 e. The molecule has 0 spiro atoms. The van der Waals surface area contributed by atoms with E-state index in [9.17, 15) is 4.79 Å². The maximum absolute atomic E-state index is 11.4. The first-order chi connectivity index (χ1) is 10.1. The summed E-state index contributed by atoms with van der Waals surface area (Å²) >= 11 is 0. The van der Waals surface area contributed by atoms with Gasteiger partial charge in [0.1, 0.15) is 17.3 Å². The minimum atomic E-state index is 0.0405. The molecule has 1 heterocycles. The van der Waals surface area contributed by atoms with Crippen molar-refractivity contribution < 1.29 is 14.6 Å². The first-order valence-electron chi connectivity index (χ1n) is 6.69. The molecule has 112 valence electrons. The van der Waals surface area contributed by atoms with Gasteiger partial charge in [0.25, 0.3) is 0 Å². The number of aliphatic hydroxyl groups is 1. The summed E-state index contributed by atoms with van der Waals surface area (Å²) < 4.78 is 6.88. The number of carbonyl (C=O) groups excluding carboxylic acids is 1. The standard InChI is InChI=1S/C15H19N3O3/c1-10-4-5-13(21-2)11(8-10)14-12(9-20)15(16)18(17-14)6-3-7-19/h4-5,8-9,19H,3,6-7,16H2,1-2H3. The molecular formula is C15H19N3O3. The van der Waals surface area contributed by atoms with Crippen molar-refractivity contribution in [2.45, 2.75) is 19.9 Å². The zero-order valence-corrected chi connectivity index (χ0v) is 12.2. The number of ether oxygens (including phenoxy) is 1. The van der Waals surface area contributed by atoms with Gasteiger partial charge in [-0.1, -0.05) is 11.6 Å². The number of benzene rings is 1. The molecule has 1 aromatic carbocycles. The minimum Gasteiger partial charge on any atom is -0.496 e. The molecule has 0 amide bonds. The summed E-state index contributed by atoms with van der Waals surface area (Å²) in [6.07, 6.45) is 1.23. The van der Waals surface area contributed by atoms with Gasteiger partial charge >= 0.3 is 0 Å². The second-order valence-corrected chi connectivity index (χ2v) is 4.77. The number of aliphatic hydroxyl groups excluding tert-OH is 1. The van der Waals surface area contributed by atoms with E-state index in [1.807, 2.05) is 25.1 Å². The number of nitrogens with zero attached hydrogens (tertiary/aromatic N) is 2. The molecule has 0 bridgehead atoms. The Morgan fingerprint density at radius 3 is 2.86 bits per heavy atom. The molecule has 0 unspecified atom stereocenters. The molecule has 1 aromatic heterocycles. The van der Waals surface area contributed by atoms with Crippen molar-refractivity contribution in [2.75, 3.05) is 19.5 Å². The van der Waals surface area contributed by atoms with E-state index in [0.717, 1.165) is 11.1 Å². The van der Waals surface area contributed by atoms with E-state index < -0.39 is 0 Å². The van der Waals surface area contributed by atoms with Gasteiger partial charge in [-0.05, 0) is 25.5 Å². The summed E-state index contributed by atoms with van der Waals surface area (Å²) in [6.45, 7) is 2.45. The molecule has 0 fully saturated rings. The van der Waals surface area contributed by atoms with Gasteiger partial charge in [-0.15, -0.1) is 0 Å². The SMILES string of the molecule is COc1ccc(C)cc1-c1nn(CCCO)c(N)c1C=O. The highest BCUT2D eigenvalue weighted by Crippen LogP contribution is 2.33. The highest BCUT2D eigenvalue weighted by atomic mass is 16.5. The van der Waals surface area contributed by atoms with Gasteiger partial charge in [0, 0.05) is 18.7 Å². The van der Waals surface area contributed by atoms with Crippen LogP contribution in [0.1, 0.15) is 22.3 Å². The third-order valence-electron chi connectivity index (χ3n) is 3.29.